The second kappa shape index (κ2) is 6.48. The summed E-state index contributed by atoms with van der Waals surface area (Å²) in [6.45, 7) is 1.50. The van der Waals surface area contributed by atoms with Gasteiger partial charge in [0.05, 0.1) is 13.2 Å². The lowest BCUT2D eigenvalue weighted by molar-refractivity contribution is 0.0664. The number of benzene rings is 2. The molecule has 126 valence electrons. The third-order valence-corrected chi connectivity index (χ3v) is 4.75. The quantitative estimate of drug-likeness (QED) is 0.732. The van der Waals surface area contributed by atoms with Crippen LogP contribution in [0.2, 0.25) is 0 Å². The average Bonchev–Trinajstić information content (AvgIpc) is 3.16. The summed E-state index contributed by atoms with van der Waals surface area (Å²) in [6.07, 6.45) is 2.08. The van der Waals surface area contributed by atoms with Crippen LogP contribution in [0.4, 0.5) is 0 Å². The van der Waals surface area contributed by atoms with Crippen LogP contribution in [0.5, 0.6) is 5.75 Å². The van der Waals surface area contributed by atoms with Crippen LogP contribution < -0.4 is 4.74 Å². The number of hydrogen-bond donors (Lipinski definition) is 0. The van der Waals surface area contributed by atoms with Gasteiger partial charge in [-0.3, -0.25) is 4.79 Å². The summed E-state index contributed by atoms with van der Waals surface area (Å²) in [5.74, 6) is 0.799. The highest BCUT2D eigenvalue weighted by molar-refractivity contribution is 5.95. The van der Waals surface area contributed by atoms with E-state index in [0.717, 1.165) is 23.6 Å². The Morgan fingerprint density at radius 1 is 0.960 bits per heavy atom. The summed E-state index contributed by atoms with van der Waals surface area (Å²) < 4.78 is 7.42. The lowest BCUT2D eigenvalue weighted by Gasteiger charge is -2.37. The van der Waals surface area contributed by atoms with Gasteiger partial charge >= 0.3 is 0 Å². The molecule has 4 rings (SSSR count). The molecule has 1 amide bonds. The molecular formula is C21H20N2O2. The monoisotopic (exact) mass is 332 g/mol. The van der Waals surface area contributed by atoms with E-state index in [1.54, 1.807) is 7.11 Å². The Morgan fingerprint density at radius 2 is 1.72 bits per heavy atom. The lowest BCUT2D eigenvalue weighted by Crippen LogP contribution is -2.42. The van der Waals surface area contributed by atoms with Gasteiger partial charge in [-0.25, -0.2) is 0 Å². The molecule has 0 fully saturated rings. The molecule has 0 bridgehead atoms. The Kier molecular flexibility index (Phi) is 4.02. The molecule has 0 unspecified atom stereocenters. The maximum Gasteiger partial charge on any atom is 0.254 e. The maximum absolute atomic E-state index is 13.2. The SMILES string of the molecule is COc1ccc(C(=O)N2CCn3cccc3[C@H]2c2ccccc2)cc1. The molecule has 1 aromatic heterocycles. The number of aromatic nitrogens is 1. The molecular weight excluding hydrogens is 312 g/mol. The first kappa shape index (κ1) is 15.5. The van der Waals surface area contributed by atoms with Gasteiger partial charge in [0.1, 0.15) is 5.75 Å². The predicted octanol–water partition coefficient (Wildman–Crippen LogP) is 3.74. The molecule has 2 aromatic carbocycles. The highest BCUT2D eigenvalue weighted by atomic mass is 16.5. The summed E-state index contributed by atoms with van der Waals surface area (Å²) in [5, 5.41) is 0. The summed E-state index contributed by atoms with van der Waals surface area (Å²) in [4.78, 5) is 15.2. The topological polar surface area (TPSA) is 34.5 Å². The fourth-order valence-electron chi connectivity index (χ4n) is 3.49. The van der Waals surface area contributed by atoms with E-state index < -0.39 is 0 Å². The van der Waals surface area contributed by atoms with Crippen LogP contribution in [0, 0.1) is 0 Å². The molecule has 3 aromatic rings. The molecule has 1 atom stereocenters. The van der Waals surface area contributed by atoms with E-state index in [-0.39, 0.29) is 11.9 Å². The average molecular weight is 332 g/mol. The van der Waals surface area contributed by atoms with Gasteiger partial charge < -0.3 is 14.2 Å². The Balaban J connectivity index is 1.73. The van der Waals surface area contributed by atoms with Crippen molar-refractivity contribution in [1.29, 1.82) is 0 Å². The summed E-state index contributed by atoms with van der Waals surface area (Å²) >= 11 is 0. The van der Waals surface area contributed by atoms with Crippen LogP contribution in [-0.4, -0.2) is 29.0 Å². The minimum absolute atomic E-state index is 0.0453. The van der Waals surface area contributed by atoms with Crippen molar-refractivity contribution in [3.05, 3.63) is 89.7 Å². The fraction of sp³-hybridized carbons (Fsp3) is 0.190. The number of nitrogens with zero attached hydrogens (tertiary/aromatic N) is 2. The standard InChI is InChI=1S/C21H20N2O2/c1-25-18-11-9-17(10-12-18)21(24)23-15-14-22-13-5-8-19(22)20(23)16-6-3-2-4-7-16/h2-13,20H,14-15H2,1H3/t20-/m1/s1. The van der Waals surface area contributed by atoms with Crippen LogP contribution in [0.3, 0.4) is 0 Å². The van der Waals surface area contributed by atoms with Gasteiger partial charge in [0, 0.05) is 30.5 Å². The lowest BCUT2D eigenvalue weighted by atomic mass is 9.99. The van der Waals surface area contributed by atoms with Crippen molar-refractivity contribution in [2.24, 2.45) is 0 Å². The number of hydrogen-bond acceptors (Lipinski definition) is 2. The summed E-state index contributed by atoms with van der Waals surface area (Å²) in [7, 11) is 1.63. The number of carbonyl (C=O) groups excluding carboxylic acids is 1. The van der Waals surface area contributed by atoms with Gasteiger partial charge in [-0.2, -0.15) is 0 Å². The normalized spacial score (nSPS) is 16.4. The summed E-state index contributed by atoms with van der Waals surface area (Å²) in [6, 6.07) is 21.6. The van der Waals surface area contributed by atoms with Gasteiger partial charge in [-0.15, -0.1) is 0 Å². The number of rotatable bonds is 3. The van der Waals surface area contributed by atoms with Gasteiger partial charge in [0.2, 0.25) is 0 Å². The Hall–Kier alpha value is -3.01. The van der Waals surface area contributed by atoms with Crippen LogP contribution in [0.15, 0.2) is 72.9 Å². The second-order valence-electron chi connectivity index (χ2n) is 6.17. The third kappa shape index (κ3) is 2.80. The smallest absolute Gasteiger partial charge is 0.254 e. The second-order valence-corrected chi connectivity index (χ2v) is 6.17. The summed E-state index contributed by atoms with van der Waals surface area (Å²) in [5.41, 5.74) is 2.96. The van der Waals surface area contributed by atoms with Gasteiger partial charge in [-0.05, 0) is 42.0 Å². The highest BCUT2D eigenvalue weighted by Gasteiger charge is 2.32. The molecule has 25 heavy (non-hydrogen) atoms. The number of methoxy groups -OCH3 is 1. The molecule has 2 heterocycles. The fourth-order valence-corrected chi connectivity index (χ4v) is 3.49. The molecule has 0 spiro atoms. The zero-order valence-electron chi connectivity index (χ0n) is 14.1. The van der Waals surface area contributed by atoms with Crippen molar-refractivity contribution in [2.75, 3.05) is 13.7 Å². The molecule has 0 saturated heterocycles. The number of ether oxygens (including phenoxy) is 1. The van der Waals surface area contributed by atoms with E-state index in [1.165, 1.54) is 0 Å². The van der Waals surface area contributed by atoms with Gasteiger partial charge in [0.25, 0.3) is 5.91 Å². The van der Waals surface area contributed by atoms with Crippen LogP contribution >= 0.6 is 0 Å². The zero-order chi connectivity index (χ0) is 17.2. The van der Waals surface area contributed by atoms with Crippen molar-refractivity contribution in [2.45, 2.75) is 12.6 Å². The van der Waals surface area contributed by atoms with E-state index in [1.807, 2.05) is 53.4 Å². The van der Waals surface area contributed by atoms with E-state index in [9.17, 15) is 4.79 Å². The number of fused-ring (bicyclic) bond motifs is 1. The first-order valence-electron chi connectivity index (χ1n) is 8.43. The van der Waals surface area contributed by atoms with E-state index in [0.29, 0.717) is 12.1 Å². The minimum atomic E-state index is -0.0699. The van der Waals surface area contributed by atoms with E-state index in [2.05, 4.69) is 29.0 Å². The molecule has 1 aliphatic rings. The molecule has 0 aliphatic carbocycles. The van der Waals surface area contributed by atoms with E-state index in [4.69, 9.17) is 4.74 Å². The van der Waals surface area contributed by atoms with Crippen molar-refractivity contribution in [3.8, 4) is 5.75 Å². The van der Waals surface area contributed by atoms with E-state index >= 15 is 0 Å². The Morgan fingerprint density at radius 3 is 2.44 bits per heavy atom. The molecule has 0 saturated carbocycles. The Labute approximate surface area is 147 Å². The molecule has 0 radical (unpaired) electrons. The van der Waals surface area contributed by atoms with Crippen molar-refractivity contribution >= 4 is 5.91 Å². The predicted molar refractivity (Wildman–Crippen MR) is 96.7 cm³/mol. The van der Waals surface area contributed by atoms with Gasteiger partial charge in [0.15, 0.2) is 0 Å². The number of carbonyl (C=O) groups is 1. The van der Waals surface area contributed by atoms with Crippen LogP contribution in [-0.2, 0) is 6.54 Å². The van der Waals surface area contributed by atoms with Crippen LogP contribution in [0.25, 0.3) is 0 Å². The first-order valence-corrected chi connectivity index (χ1v) is 8.43. The Bertz CT molecular complexity index is 868. The van der Waals surface area contributed by atoms with Gasteiger partial charge in [-0.1, -0.05) is 30.3 Å². The largest absolute Gasteiger partial charge is 0.497 e. The van der Waals surface area contributed by atoms with Crippen molar-refractivity contribution in [3.63, 3.8) is 0 Å². The van der Waals surface area contributed by atoms with Crippen molar-refractivity contribution < 1.29 is 9.53 Å². The third-order valence-electron chi connectivity index (χ3n) is 4.75. The highest BCUT2D eigenvalue weighted by Crippen LogP contribution is 2.33. The minimum Gasteiger partial charge on any atom is -0.497 e. The molecule has 1 aliphatic heterocycles. The van der Waals surface area contributed by atoms with Crippen LogP contribution in [0.1, 0.15) is 27.7 Å². The first-order chi connectivity index (χ1) is 12.3. The molecule has 0 N–H and O–H groups in total. The molecule has 4 nitrogen and oxygen atoms in total. The molecule has 4 heteroatoms. The van der Waals surface area contributed by atoms with Crippen molar-refractivity contribution in [1.82, 2.24) is 9.47 Å². The maximum atomic E-state index is 13.2. The number of amides is 1. The zero-order valence-corrected chi connectivity index (χ0v) is 14.1.